The van der Waals surface area contributed by atoms with Gasteiger partial charge in [0.05, 0.1) is 4.90 Å². The molecule has 1 rings (SSSR count). The zero-order valence-electron chi connectivity index (χ0n) is 12.9. The molecule has 0 amide bonds. The van der Waals surface area contributed by atoms with Gasteiger partial charge in [0, 0.05) is 36.8 Å². The van der Waals surface area contributed by atoms with Gasteiger partial charge in [0.2, 0.25) is 10.0 Å². The van der Waals surface area contributed by atoms with E-state index in [2.05, 4.69) is 20.7 Å². The van der Waals surface area contributed by atoms with Gasteiger partial charge in [-0.25, -0.2) is 13.1 Å². The minimum atomic E-state index is -3.61. The monoisotopic (exact) mass is 377 g/mol. The maximum absolute atomic E-state index is 12.6. The lowest BCUT2D eigenvalue weighted by atomic mass is 10.1. The number of anilines is 1. The SMILES string of the molecule is CC(C)C[C@@H](CN)NS(=O)(=O)c1cc(N(C)C)ccc1Br. The Labute approximate surface area is 136 Å². The molecule has 1 aromatic carbocycles. The minimum absolute atomic E-state index is 0.232. The van der Waals surface area contributed by atoms with Crippen molar-refractivity contribution in [2.45, 2.75) is 31.2 Å². The second-order valence-corrected chi connectivity index (χ2v) is 8.23. The molecular weight excluding hydrogens is 354 g/mol. The van der Waals surface area contributed by atoms with E-state index >= 15 is 0 Å². The van der Waals surface area contributed by atoms with Crippen LogP contribution in [0.4, 0.5) is 5.69 Å². The van der Waals surface area contributed by atoms with Gasteiger partial charge in [-0.2, -0.15) is 0 Å². The summed E-state index contributed by atoms with van der Waals surface area (Å²) >= 11 is 3.31. The van der Waals surface area contributed by atoms with Crippen LogP contribution in [0.5, 0.6) is 0 Å². The number of nitrogens with zero attached hydrogens (tertiary/aromatic N) is 1. The average molecular weight is 378 g/mol. The lowest BCUT2D eigenvalue weighted by Crippen LogP contribution is -2.41. The van der Waals surface area contributed by atoms with Crippen LogP contribution in [0.3, 0.4) is 0 Å². The van der Waals surface area contributed by atoms with Gasteiger partial charge in [-0.05, 0) is 46.5 Å². The number of sulfonamides is 1. The van der Waals surface area contributed by atoms with Crippen molar-refractivity contribution in [2.24, 2.45) is 11.7 Å². The normalized spacial score (nSPS) is 13.5. The Balaban J connectivity index is 3.09. The molecule has 1 aromatic rings. The van der Waals surface area contributed by atoms with E-state index in [4.69, 9.17) is 5.73 Å². The topological polar surface area (TPSA) is 75.4 Å². The highest BCUT2D eigenvalue weighted by Crippen LogP contribution is 2.27. The molecule has 0 saturated carbocycles. The Hall–Kier alpha value is -0.630. The fourth-order valence-electron chi connectivity index (χ4n) is 2.02. The van der Waals surface area contributed by atoms with Crippen molar-refractivity contribution in [3.8, 4) is 0 Å². The van der Waals surface area contributed by atoms with Crippen molar-refractivity contribution in [1.29, 1.82) is 0 Å². The standard InChI is InChI=1S/C14H24BrN3O2S/c1-10(2)7-11(9-16)17-21(19,20)14-8-12(18(3)4)5-6-13(14)15/h5-6,8,10-11,17H,7,9,16H2,1-4H3/t11-/m0/s1. The molecule has 0 aromatic heterocycles. The summed E-state index contributed by atoms with van der Waals surface area (Å²) in [6.45, 7) is 4.36. The van der Waals surface area contributed by atoms with Crippen LogP contribution in [-0.4, -0.2) is 35.1 Å². The fraction of sp³-hybridized carbons (Fsp3) is 0.571. The van der Waals surface area contributed by atoms with Gasteiger partial charge in [0.25, 0.3) is 0 Å². The predicted molar refractivity (Wildman–Crippen MR) is 91.1 cm³/mol. The Bertz CT molecular complexity index is 574. The van der Waals surface area contributed by atoms with Crippen LogP contribution in [0, 0.1) is 5.92 Å². The molecule has 120 valence electrons. The zero-order valence-corrected chi connectivity index (χ0v) is 15.3. The quantitative estimate of drug-likeness (QED) is 0.763. The Morgan fingerprint density at radius 1 is 1.33 bits per heavy atom. The van der Waals surface area contributed by atoms with Crippen molar-refractivity contribution < 1.29 is 8.42 Å². The number of nitrogens with one attached hydrogen (secondary N) is 1. The third kappa shape index (κ3) is 5.25. The van der Waals surface area contributed by atoms with Gasteiger partial charge < -0.3 is 10.6 Å². The highest BCUT2D eigenvalue weighted by molar-refractivity contribution is 9.10. The third-order valence-corrected chi connectivity index (χ3v) is 5.60. The summed E-state index contributed by atoms with van der Waals surface area (Å²) in [6, 6.07) is 4.99. The molecule has 0 radical (unpaired) electrons. The van der Waals surface area contributed by atoms with Crippen LogP contribution in [0.2, 0.25) is 0 Å². The maximum atomic E-state index is 12.6. The third-order valence-electron chi connectivity index (χ3n) is 3.08. The number of rotatable bonds is 7. The molecule has 0 aliphatic rings. The highest BCUT2D eigenvalue weighted by Gasteiger charge is 2.23. The van der Waals surface area contributed by atoms with E-state index < -0.39 is 10.0 Å². The number of hydrogen-bond acceptors (Lipinski definition) is 4. The first-order valence-corrected chi connectivity index (χ1v) is 9.14. The summed E-state index contributed by atoms with van der Waals surface area (Å²) in [5, 5.41) is 0. The Kier molecular flexibility index (Phi) is 6.65. The molecule has 0 bridgehead atoms. The van der Waals surface area contributed by atoms with Gasteiger partial charge >= 0.3 is 0 Å². The second-order valence-electron chi connectivity index (χ2n) is 5.69. The van der Waals surface area contributed by atoms with Crippen LogP contribution < -0.4 is 15.4 Å². The largest absolute Gasteiger partial charge is 0.378 e. The highest BCUT2D eigenvalue weighted by atomic mass is 79.9. The Morgan fingerprint density at radius 3 is 2.43 bits per heavy atom. The second kappa shape index (κ2) is 7.58. The van der Waals surface area contributed by atoms with Crippen molar-refractivity contribution in [1.82, 2.24) is 4.72 Å². The zero-order chi connectivity index (χ0) is 16.2. The van der Waals surface area contributed by atoms with Crippen LogP contribution in [0.1, 0.15) is 20.3 Å². The van der Waals surface area contributed by atoms with Gasteiger partial charge in [-0.1, -0.05) is 13.8 Å². The minimum Gasteiger partial charge on any atom is -0.378 e. The molecule has 0 fully saturated rings. The number of nitrogens with two attached hydrogens (primary N) is 1. The summed E-state index contributed by atoms with van der Waals surface area (Å²) in [7, 11) is 0.132. The summed E-state index contributed by atoms with van der Waals surface area (Å²) in [5.41, 5.74) is 6.50. The molecule has 3 N–H and O–H groups in total. The number of halogens is 1. The first-order chi connectivity index (χ1) is 9.67. The molecule has 0 aliphatic carbocycles. The molecule has 0 spiro atoms. The molecule has 0 heterocycles. The average Bonchev–Trinajstić information content (AvgIpc) is 2.36. The van der Waals surface area contributed by atoms with Crippen LogP contribution in [0.25, 0.3) is 0 Å². The van der Waals surface area contributed by atoms with Crippen molar-refractivity contribution in [2.75, 3.05) is 25.5 Å². The van der Waals surface area contributed by atoms with Crippen LogP contribution in [0.15, 0.2) is 27.6 Å². The molecule has 0 saturated heterocycles. The molecule has 7 heteroatoms. The van der Waals surface area contributed by atoms with E-state index in [9.17, 15) is 8.42 Å². The summed E-state index contributed by atoms with van der Waals surface area (Å²) in [6.07, 6.45) is 0.709. The lowest BCUT2D eigenvalue weighted by Gasteiger charge is -2.20. The maximum Gasteiger partial charge on any atom is 0.242 e. The first kappa shape index (κ1) is 18.4. The fourth-order valence-corrected chi connectivity index (χ4v) is 4.27. The van der Waals surface area contributed by atoms with Crippen LogP contribution >= 0.6 is 15.9 Å². The van der Waals surface area contributed by atoms with E-state index in [0.717, 1.165) is 5.69 Å². The summed E-state index contributed by atoms with van der Waals surface area (Å²) in [4.78, 5) is 2.09. The van der Waals surface area contributed by atoms with E-state index in [1.165, 1.54) is 0 Å². The van der Waals surface area contributed by atoms with Crippen molar-refractivity contribution >= 4 is 31.6 Å². The Morgan fingerprint density at radius 2 is 1.95 bits per heavy atom. The molecule has 5 nitrogen and oxygen atoms in total. The summed E-state index contributed by atoms with van der Waals surface area (Å²) in [5.74, 6) is 0.373. The molecular formula is C14H24BrN3O2S. The smallest absolute Gasteiger partial charge is 0.242 e. The van der Waals surface area contributed by atoms with Gasteiger partial charge in [0.15, 0.2) is 0 Å². The molecule has 0 unspecified atom stereocenters. The van der Waals surface area contributed by atoms with Gasteiger partial charge in [-0.15, -0.1) is 0 Å². The van der Waals surface area contributed by atoms with Crippen molar-refractivity contribution in [3.05, 3.63) is 22.7 Å². The van der Waals surface area contributed by atoms with Crippen molar-refractivity contribution in [3.63, 3.8) is 0 Å². The molecule has 0 aliphatic heterocycles. The number of benzene rings is 1. The molecule has 1 atom stereocenters. The van der Waals surface area contributed by atoms with Gasteiger partial charge in [0.1, 0.15) is 0 Å². The van der Waals surface area contributed by atoms with E-state index in [-0.39, 0.29) is 17.5 Å². The van der Waals surface area contributed by atoms with E-state index in [0.29, 0.717) is 16.8 Å². The summed E-state index contributed by atoms with van der Waals surface area (Å²) < 4.78 is 28.4. The number of hydrogen-bond donors (Lipinski definition) is 2. The van der Waals surface area contributed by atoms with Gasteiger partial charge in [-0.3, -0.25) is 0 Å². The lowest BCUT2D eigenvalue weighted by molar-refractivity contribution is 0.465. The predicted octanol–water partition coefficient (Wildman–Crippen LogP) is 2.17. The molecule has 21 heavy (non-hydrogen) atoms. The van der Waals surface area contributed by atoms with E-state index in [1.807, 2.05) is 38.9 Å². The van der Waals surface area contributed by atoms with Crippen LogP contribution in [-0.2, 0) is 10.0 Å². The first-order valence-electron chi connectivity index (χ1n) is 6.86. The van der Waals surface area contributed by atoms with E-state index in [1.54, 1.807) is 12.1 Å².